The highest BCUT2D eigenvalue weighted by atomic mass is 16.6. The molecule has 2 saturated heterocycles. The number of carbonyl (C=O) groups is 5. The normalized spacial score (nSPS) is 16.7. The molecule has 16 nitrogen and oxygen atoms in total. The van der Waals surface area contributed by atoms with Gasteiger partial charge < -0.3 is 48.7 Å². The highest BCUT2D eigenvalue weighted by Gasteiger charge is 2.34. The van der Waals surface area contributed by atoms with Crippen molar-refractivity contribution in [3.8, 4) is 23.0 Å². The molecule has 54 heavy (non-hydrogen) atoms. The Hall–Kier alpha value is -5.41. The summed E-state index contributed by atoms with van der Waals surface area (Å²) in [4.78, 5) is 66.3. The molecule has 2 aliphatic rings. The second kappa shape index (κ2) is 18.6. The van der Waals surface area contributed by atoms with Gasteiger partial charge in [0.25, 0.3) is 11.8 Å². The Morgan fingerprint density at radius 2 is 1.22 bits per heavy atom. The van der Waals surface area contributed by atoms with E-state index in [1.807, 2.05) is 0 Å². The Labute approximate surface area is 315 Å². The SMILES string of the molecule is COc1cc(C(=O)N2CCC[C@H]2COC(C)=O)c(N)cc1OCCCOc1cc(NC(=O)OC(C)(C)C)c(C(=O)N2CCC[C@H]2COC(C)=O)cc1OC. The highest BCUT2D eigenvalue weighted by Crippen LogP contribution is 2.37. The average Bonchev–Trinajstić information content (AvgIpc) is 3.78. The van der Waals surface area contributed by atoms with E-state index in [0.717, 1.165) is 12.8 Å². The molecule has 2 aliphatic heterocycles. The molecule has 0 spiro atoms. The summed E-state index contributed by atoms with van der Waals surface area (Å²) in [6.07, 6.45) is 2.51. The molecule has 2 heterocycles. The van der Waals surface area contributed by atoms with Crippen molar-refractivity contribution in [3.05, 3.63) is 35.4 Å². The molecule has 0 bridgehead atoms. The van der Waals surface area contributed by atoms with E-state index in [1.165, 1.54) is 46.3 Å². The van der Waals surface area contributed by atoms with Crippen LogP contribution in [0.25, 0.3) is 0 Å². The fourth-order valence-corrected chi connectivity index (χ4v) is 6.27. The number of rotatable bonds is 15. The van der Waals surface area contributed by atoms with Crippen molar-refractivity contribution in [1.29, 1.82) is 0 Å². The number of amides is 3. The van der Waals surface area contributed by atoms with E-state index in [-0.39, 0.29) is 84.3 Å². The van der Waals surface area contributed by atoms with Gasteiger partial charge >= 0.3 is 18.0 Å². The third-order valence-electron chi connectivity index (χ3n) is 8.77. The lowest BCUT2D eigenvalue weighted by atomic mass is 10.1. The summed E-state index contributed by atoms with van der Waals surface area (Å²) >= 11 is 0. The molecule has 0 unspecified atom stereocenters. The van der Waals surface area contributed by atoms with Gasteiger partial charge in [-0.25, -0.2) is 4.79 Å². The van der Waals surface area contributed by atoms with Crippen LogP contribution in [-0.4, -0.2) is 111 Å². The summed E-state index contributed by atoms with van der Waals surface area (Å²) in [6, 6.07) is 5.52. The molecule has 2 aromatic rings. The van der Waals surface area contributed by atoms with Crippen LogP contribution in [0.4, 0.5) is 16.2 Å². The van der Waals surface area contributed by atoms with Gasteiger partial charge in [0.2, 0.25) is 0 Å². The van der Waals surface area contributed by atoms with Gasteiger partial charge in [0.1, 0.15) is 18.8 Å². The Bertz CT molecular complexity index is 1690. The molecule has 4 rings (SSSR count). The second-order valence-electron chi connectivity index (χ2n) is 14.0. The van der Waals surface area contributed by atoms with Crippen LogP contribution in [0.2, 0.25) is 0 Å². The fourth-order valence-electron chi connectivity index (χ4n) is 6.27. The summed E-state index contributed by atoms with van der Waals surface area (Å²) in [5.74, 6) is -0.336. The summed E-state index contributed by atoms with van der Waals surface area (Å²) < 4.78 is 38.9. The maximum Gasteiger partial charge on any atom is 0.412 e. The van der Waals surface area contributed by atoms with E-state index in [2.05, 4.69) is 5.32 Å². The molecule has 2 atom stereocenters. The molecule has 0 radical (unpaired) electrons. The lowest BCUT2D eigenvalue weighted by molar-refractivity contribution is -0.143. The predicted octanol–water partition coefficient (Wildman–Crippen LogP) is 4.82. The van der Waals surface area contributed by atoms with Gasteiger partial charge in [-0.05, 0) is 58.6 Å². The number of nitrogens with zero attached hydrogens (tertiary/aromatic N) is 2. The van der Waals surface area contributed by atoms with Crippen molar-refractivity contribution >= 4 is 41.2 Å². The molecule has 16 heteroatoms. The molecule has 3 amide bonds. The Morgan fingerprint density at radius 1 is 0.741 bits per heavy atom. The van der Waals surface area contributed by atoms with Crippen LogP contribution >= 0.6 is 0 Å². The maximum absolute atomic E-state index is 13.9. The molecule has 0 saturated carbocycles. The van der Waals surface area contributed by atoms with Gasteiger partial charge in [-0.1, -0.05) is 0 Å². The van der Waals surface area contributed by atoms with E-state index in [4.69, 9.17) is 38.9 Å². The van der Waals surface area contributed by atoms with Crippen molar-refractivity contribution in [2.75, 3.05) is 64.8 Å². The first-order chi connectivity index (χ1) is 25.6. The number of nitrogens with one attached hydrogen (secondary N) is 1. The Morgan fingerprint density at radius 3 is 1.70 bits per heavy atom. The van der Waals surface area contributed by atoms with Crippen LogP contribution in [-0.2, 0) is 23.8 Å². The van der Waals surface area contributed by atoms with Crippen LogP contribution < -0.4 is 30.0 Å². The van der Waals surface area contributed by atoms with Gasteiger partial charge in [-0.3, -0.25) is 24.5 Å². The van der Waals surface area contributed by atoms with E-state index < -0.39 is 23.6 Å². The zero-order valence-corrected chi connectivity index (χ0v) is 32.1. The number of hydrogen-bond donors (Lipinski definition) is 2. The van der Waals surface area contributed by atoms with Crippen molar-refractivity contribution in [2.24, 2.45) is 0 Å². The standard InChI is InChI=1S/C38H52N4O12/c1-23(43)52-21-25-11-8-13-41(25)35(45)27-17-31(48-6)33(19-29(27)39)50-15-10-16-51-34-20-30(40-37(47)54-38(3,4)5)28(18-32(34)49-7)36(46)42-14-9-12-26(42)22-53-24(2)44/h17-20,25-26H,8-16,21-22,39H2,1-7H3,(H,40,47)/t25-,26-/m0/s1. The van der Waals surface area contributed by atoms with E-state index in [0.29, 0.717) is 43.9 Å². The van der Waals surface area contributed by atoms with Crippen molar-refractivity contribution < 1.29 is 57.1 Å². The van der Waals surface area contributed by atoms with Crippen LogP contribution in [0, 0.1) is 0 Å². The fraction of sp³-hybridized carbons (Fsp3) is 0.553. The number of nitrogen functional groups attached to an aromatic ring is 1. The van der Waals surface area contributed by atoms with Crippen LogP contribution in [0.15, 0.2) is 24.3 Å². The van der Waals surface area contributed by atoms with Gasteiger partial charge in [0.05, 0.1) is 56.3 Å². The molecule has 0 aliphatic carbocycles. The molecular weight excluding hydrogens is 704 g/mol. The van der Waals surface area contributed by atoms with Crippen molar-refractivity contribution in [1.82, 2.24) is 9.80 Å². The summed E-state index contributed by atoms with van der Waals surface area (Å²) in [7, 11) is 2.90. The Balaban J connectivity index is 1.45. The van der Waals surface area contributed by atoms with Crippen LogP contribution in [0.5, 0.6) is 23.0 Å². The largest absolute Gasteiger partial charge is 0.493 e. The van der Waals surface area contributed by atoms with Crippen LogP contribution in [0.3, 0.4) is 0 Å². The summed E-state index contributed by atoms with van der Waals surface area (Å²) in [5.41, 5.74) is 6.29. The lowest BCUT2D eigenvalue weighted by Gasteiger charge is -2.26. The average molecular weight is 757 g/mol. The van der Waals surface area contributed by atoms with Gasteiger partial charge in [-0.15, -0.1) is 0 Å². The molecule has 0 aromatic heterocycles. The molecule has 296 valence electrons. The first kappa shape index (κ1) is 41.3. The minimum absolute atomic E-state index is 0.0646. The number of esters is 2. The summed E-state index contributed by atoms with van der Waals surface area (Å²) in [5, 5.41) is 2.69. The zero-order chi connectivity index (χ0) is 39.6. The first-order valence-corrected chi connectivity index (χ1v) is 18.0. The molecule has 2 fully saturated rings. The van der Waals surface area contributed by atoms with Crippen molar-refractivity contribution in [3.63, 3.8) is 0 Å². The number of carbonyl (C=O) groups excluding carboxylic acids is 5. The maximum atomic E-state index is 13.9. The predicted molar refractivity (Wildman–Crippen MR) is 197 cm³/mol. The number of benzene rings is 2. The molecular formula is C38H52N4O12. The van der Waals surface area contributed by atoms with Crippen LogP contribution in [0.1, 0.15) is 87.4 Å². The summed E-state index contributed by atoms with van der Waals surface area (Å²) in [6.45, 7) is 9.31. The number of likely N-dealkylation sites (tertiary alicyclic amines) is 2. The van der Waals surface area contributed by atoms with E-state index in [1.54, 1.807) is 36.6 Å². The van der Waals surface area contributed by atoms with Gasteiger partial charge in [0, 0.05) is 51.2 Å². The Kier molecular flexibility index (Phi) is 14.2. The minimum atomic E-state index is -0.795. The number of hydrogen-bond acceptors (Lipinski definition) is 13. The third kappa shape index (κ3) is 11.1. The second-order valence-corrected chi connectivity index (χ2v) is 14.0. The monoisotopic (exact) mass is 756 g/mol. The number of nitrogens with two attached hydrogens (primary N) is 1. The quantitative estimate of drug-likeness (QED) is 0.109. The highest BCUT2D eigenvalue weighted by molar-refractivity contribution is 6.04. The number of anilines is 2. The molecule has 2 aromatic carbocycles. The molecule has 3 N–H and O–H groups in total. The van der Waals surface area contributed by atoms with Crippen molar-refractivity contribution in [2.45, 2.75) is 84.4 Å². The minimum Gasteiger partial charge on any atom is -0.493 e. The zero-order valence-electron chi connectivity index (χ0n) is 32.1. The topological polar surface area (TPSA) is 194 Å². The number of ether oxygens (including phenoxy) is 7. The van der Waals surface area contributed by atoms with E-state index >= 15 is 0 Å². The smallest absolute Gasteiger partial charge is 0.412 e. The lowest BCUT2D eigenvalue weighted by Crippen LogP contribution is -2.39. The van der Waals surface area contributed by atoms with Gasteiger partial charge in [0.15, 0.2) is 23.0 Å². The number of methoxy groups -OCH3 is 2. The first-order valence-electron chi connectivity index (χ1n) is 18.0. The van der Waals surface area contributed by atoms with Gasteiger partial charge in [-0.2, -0.15) is 0 Å². The third-order valence-corrected chi connectivity index (χ3v) is 8.77. The van der Waals surface area contributed by atoms with E-state index in [9.17, 15) is 24.0 Å².